The molecule has 2 heterocycles. The Morgan fingerprint density at radius 3 is 2.41 bits per heavy atom. The van der Waals surface area contributed by atoms with Crippen molar-refractivity contribution in [2.75, 3.05) is 45.1 Å². The summed E-state index contributed by atoms with van der Waals surface area (Å²) in [5, 5.41) is 2.90. The van der Waals surface area contributed by atoms with Crippen LogP contribution in [0.1, 0.15) is 35.7 Å². The Hall–Kier alpha value is -3.13. The van der Waals surface area contributed by atoms with Crippen LogP contribution in [0.5, 0.6) is 0 Å². The molecule has 1 aliphatic rings. The van der Waals surface area contributed by atoms with Crippen LogP contribution in [0.4, 0.5) is 5.69 Å². The topological polar surface area (TPSA) is 86.1 Å². The number of anilines is 1. The molecule has 1 fully saturated rings. The Kier molecular flexibility index (Phi) is 7.69. The fraction of sp³-hybridized carbons (Fsp3) is 0.458. The lowest BCUT2D eigenvalue weighted by Crippen LogP contribution is -2.55. The van der Waals surface area contributed by atoms with E-state index in [0.717, 1.165) is 17.7 Å². The first-order valence-electron chi connectivity index (χ1n) is 11.0. The molecule has 0 spiro atoms. The van der Waals surface area contributed by atoms with Gasteiger partial charge < -0.3 is 19.5 Å². The van der Waals surface area contributed by atoms with Crippen LogP contribution in [0.3, 0.4) is 0 Å². The average Bonchev–Trinajstić information content (AvgIpc) is 3.24. The minimum absolute atomic E-state index is 0.0164. The SMILES string of the molecule is CCc1ccccc1NC(=O)CN(C)C(=O)C(C)N1CCN(C(=O)c2ccc(C)o2)CC1. The molecule has 32 heavy (non-hydrogen) atoms. The highest BCUT2D eigenvalue weighted by atomic mass is 16.3. The molecule has 172 valence electrons. The number of furan rings is 1. The van der Waals surface area contributed by atoms with E-state index in [0.29, 0.717) is 37.7 Å². The van der Waals surface area contributed by atoms with Crippen LogP contribution in [0, 0.1) is 6.92 Å². The maximum atomic E-state index is 12.9. The van der Waals surface area contributed by atoms with E-state index >= 15 is 0 Å². The smallest absolute Gasteiger partial charge is 0.289 e. The van der Waals surface area contributed by atoms with Crippen molar-refractivity contribution >= 4 is 23.4 Å². The predicted octanol–water partition coefficient (Wildman–Crippen LogP) is 2.39. The first-order valence-corrected chi connectivity index (χ1v) is 11.0. The van der Waals surface area contributed by atoms with Gasteiger partial charge in [0.2, 0.25) is 11.8 Å². The monoisotopic (exact) mass is 440 g/mol. The Labute approximate surface area is 189 Å². The molecule has 3 rings (SSSR count). The summed E-state index contributed by atoms with van der Waals surface area (Å²) in [7, 11) is 1.64. The van der Waals surface area contributed by atoms with Gasteiger partial charge in [-0.25, -0.2) is 0 Å². The van der Waals surface area contributed by atoms with Crippen LogP contribution in [0.25, 0.3) is 0 Å². The third-order valence-corrected chi connectivity index (χ3v) is 5.89. The van der Waals surface area contributed by atoms with Crippen molar-refractivity contribution in [3.05, 3.63) is 53.5 Å². The van der Waals surface area contributed by atoms with Gasteiger partial charge in [0.05, 0.1) is 12.6 Å². The van der Waals surface area contributed by atoms with Gasteiger partial charge in [0.1, 0.15) is 5.76 Å². The summed E-state index contributed by atoms with van der Waals surface area (Å²) >= 11 is 0. The number of nitrogens with zero attached hydrogens (tertiary/aromatic N) is 3. The Bertz CT molecular complexity index is 962. The van der Waals surface area contributed by atoms with Crippen LogP contribution in [0.15, 0.2) is 40.8 Å². The molecule has 3 amide bonds. The third-order valence-electron chi connectivity index (χ3n) is 5.89. The van der Waals surface area contributed by atoms with Crippen molar-refractivity contribution < 1.29 is 18.8 Å². The highest BCUT2D eigenvalue weighted by Crippen LogP contribution is 2.16. The van der Waals surface area contributed by atoms with Gasteiger partial charge in [0.15, 0.2) is 5.76 Å². The van der Waals surface area contributed by atoms with Crippen LogP contribution in [0.2, 0.25) is 0 Å². The zero-order chi connectivity index (χ0) is 23.3. The minimum Gasteiger partial charge on any atom is -0.456 e. The molecule has 0 bridgehead atoms. The number of carbonyl (C=O) groups excluding carboxylic acids is 3. The average molecular weight is 441 g/mol. The summed E-state index contributed by atoms with van der Waals surface area (Å²) in [6.07, 6.45) is 0.816. The summed E-state index contributed by atoms with van der Waals surface area (Å²) in [6, 6.07) is 10.7. The second-order valence-corrected chi connectivity index (χ2v) is 8.17. The Morgan fingerprint density at radius 2 is 1.78 bits per heavy atom. The molecule has 0 radical (unpaired) electrons. The molecule has 0 aliphatic carbocycles. The van der Waals surface area contributed by atoms with Crippen LogP contribution >= 0.6 is 0 Å². The predicted molar refractivity (Wildman–Crippen MR) is 122 cm³/mol. The van der Waals surface area contributed by atoms with Crippen molar-refractivity contribution in [1.82, 2.24) is 14.7 Å². The van der Waals surface area contributed by atoms with Gasteiger partial charge >= 0.3 is 0 Å². The zero-order valence-electron chi connectivity index (χ0n) is 19.3. The summed E-state index contributed by atoms with van der Waals surface area (Å²) in [5.41, 5.74) is 1.83. The lowest BCUT2D eigenvalue weighted by Gasteiger charge is -2.38. The number of carbonyl (C=O) groups is 3. The second-order valence-electron chi connectivity index (χ2n) is 8.17. The zero-order valence-corrected chi connectivity index (χ0v) is 19.3. The molecule has 0 saturated carbocycles. The van der Waals surface area contributed by atoms with Crippen molar-refractivity contribution in [2.45, 2.75) is 33.2 Å². The van der Waals surface area contributed by atoms with E-state index in [2.05, 4.69) is 5.32 Å². The third kappa shape index (κ3) is 5.56. The van der Waals surface area contributed by atoms with Crippen LogP contribution in [-0.4, -0.2) is 78.2 Å². The number of likely N-dealkylation sites (N-methyl/N-ethyl adjacent to an activating group) is 1. The van der Waals surface area contributed by atoms with E-state index in [1.165, 1.54) is 4.90 Å². The van der Waals surface area contributed by atoms with E-state index in [9.17, 15) is 14.4 Å². The fourth-order valence-corrected chi connectivity index (χ4v) is 3.93. The van der Waals surface area contributed by atoms with Crippen LogP contribution in [-0.2, 0) is 16.0 Å². The van der Waals surface area contributed by atoms with Gasteiger partial charge in [-0.15, -0.1) is 0 Å². The number of piperazine rings is 1. The molecular formula is C24H32N4O4. The number of nitrogens with one attached hydrogen (secondary N) is 1. The van der Waals surface area contributed by atoms with Crippen molar-refractivity contribution in [2.24, 2.45) is 0 Å². The number of para-hydroxylation sites is 1. The molecule has 1 saturated heterocycles. The first kappa shape index (κ1) is 23.5. The summed E-state index contributed by atoms with van der Waals surface area (Å²) in [5.74, 6) is 0.577. The highest BCUT2D eigenvalue weighted by Gasteiger charge is 2.30. The number of hydrogen-bond donors (Lipinski definition) is 1. The lowest BCUT2D eigenvalue weighted by molar-refractivity contribution is -0.138. The molecule has 1 aromatic carbocycles. The molecule has 1 N–H and O–H groups in total. The van der Waals surface area contributed by atoms with Crippen LogP contribution < -0.4 is 5.32 Å². The number of rotatable bonds is 7. The summed E-state index contributed by atoms with van der Waals surface area (Å²) < 4.78 is 5.43. The van der Waals surface area contributed by atoms with Gasteiger partial charge in [-0.05, 0) is 44.0 Å². The molecular weight excluding hydrogens is 408 g/mol. The van der Waals surface area contributed by atoms with Gasteiger partial charge in [-0.2, -0.15) is 0 Å². The maximum absolute atomic E-state index is 12.9. The lowest BCUT2D eigenvalue weighted by atomic mass is 10.1. The molecule has 8 heteroatoms. The molecule has 1 aromatic heterocycles. The van der Waals surface area contributed by atoms with E-state index in [1.807, 2.05) is 43.0 Å². The number of amides is 3. The van der Waals surface area contributed by atoms with Gasteiger partial charge in [0, 0.05) is 38.9 Å². The van der Waals surface area contributed by atoms with Crippen molar-refractivity contribution in [1.29, 1.82) is 0 Å². The maximum Gasteiger partial charge on any atom is 0.289 e. The fourth-order valence-electron chi connectivity index (χ4n) is 3.93. The molecule has 1 atom stereocenters. The quantitative estimate of drug-likeness (QED) is 0.715. The highest BCUT2D eigenvalue weighted by molar-refractivity contribution is 5.95. The largest absolute Gasteiger partial charge is 0.456 e. The number of aryl methyl sites for hydroxylation is 2. The Balaban J connectivity index is 1.49. The summed E-state index contributed by atoms with van der Waals surface area (Å²) in [6.45, 7) is 7.88. The standard InChI is InChI=1S/C24H32N4O4/c1-5-19-8-6-7-9-20(19)25-22(29)16-26(4)23(30)18(3)27-12-14-28(15-13-27)24(31)21-11-10-17(2)32-21/h6-11,18H,5,12-16H2,1-4H3,(H,25,29). The molecule has 2 aromatic rings. The first-order chi connectivity index (χ1) is 15.3. The van der Waals surface area contributed by atoms with Gasteiger partial charge in [0.25, 0.3) is 5.91 Å². The molecule has 1 unspecified atom stereocenters. The van der Waals surface area contributed by atoms with E-state index in [4.69, 9.17) is 4.42 Å². The minimum atomic E-state index is -0.376. The van der Waals surface area contributed by atoms with Gasteiger partial charge in [-0.1, -0.05) is 25.1 Å². The Morgan fingerprint density at radius 1 is 1.09 bits per heavy atom. The van der Waals surface area contributed by atoms with E-state index in [1.54, 1.807) is 31.0 Å². The number of benzene rings is 1. The second kappa shape index (κ2) is 10.5. The van der Waals surface area contributed by atoms with E-state index in [-0.39, 0.29) is 30.3 Å². The number of hydrogen-bond acceptors (Lipinski definition) is 5. The van der Waals surface area contributed by atoms with Crippen molar-refractivity contribution in [3.63, 3.8) is 0 Å². The molecule has 8 nitrogen and oxygen atoms in total. The van der Waals surface area contributed by atoms with E-state index < -0.39 is 0 Å². The van der Waals surface area contributed by atoms with Gasteiger partial charge in [-0.3, -0.25) is 19.3 Å². The summed E-state index contributed by atoms with van der Waals surface area (Å²) in [4.78, 5) is 43.2. The normalized spacial score (nSPS) is 15.3. The molecule has 1 aliphatic heterocycles. The van der Waals surface area contributed by atoms with Crippen molar-refractivity contribution in [3.8, 4) is 0 Å².